The van der Waals surface area contributed by atoms with Gasteiger partial charge < -0.3 is 20.3 Å². The average Bonchev–Trinajstić information content (AvgIpc) is 3.29. The van der Waals surface area contributed by atoms with Crippen molar-refractivity contribution in [2.75, 3.05) is 6.61 Å². The van der Waals surface area contributed by atoms with Crippen molar-refractivity contribution in [1.29, 1.82) is 0 Å². The molecule has 0 heterocycles. The predicted octanol–water partition coefficient (Wildman–Crippen LogP) is 17.0. The lowest BCUT2D eigenvalue weighted by atomic mass is 10.0. The van der Waals surface area contributed by atoms with Crippen LogP contribution in [-0.4, -0.2) is 46.9 Å². The van der Waals surface area contributed by atoms with Crippen LogP contribution in [0.3, 0.4) is 0 Å². The zero-order valence-electron chi connectivity index (χ0n) is 42.7. The van der Waals surface area contributed by atoms with Crippen LogP contribution >= 0.6 is 0 Å². The molecule has 3 unspecified atom stereocenters. The van der Waals surface area contributed by atoms with Crippen molar-refractivity contribution in [2.24, 2.45) is 0 Å². The fraction of sp³-hybridized carbons (Fsp3) is 0.828. The molecule has 0 saturated heterocycles. The Morgan fingerprint density at radius 3 is 1.28 bits per heavy atom. The van der Waals surface area contributed by atoms with Crippen LogP contribution in [0.4, 0.5) is 0 Å². The Labute approximate surface area is 397 Å². The SMILES string of the molecule is CC/C=C/C=C/C=C/C=C\CCCCCCCC(=O)OC(CCCCCCCCCCCCCCCCC)CC(=O)NC(CO)C(O)CCCCCCCCCCCCCCCCC. The highest BCUT2D eigenvalue weighted by atomic mass is 16.5. The smallest absolute Gasteiger partial charge is 0.306 e. The third-order valence-corrected chi connectivity index (χ3v) is 12.8. The van der Waals surface area contributed by atoms with Crippen molar-refractivity contribution < 1.29 is 24.5 Å². The van der Waals surface area contributed by atoms with Crippen LogP contribution in [0.15, 0.2) is 48.6 Å². The summed E-state index contributed by atoms with van der Waals surface area (Å²) in [7, 11) is 0. The minimum absolute atomic E-state index is 0.0709. The van der Waals surface area contributed by atoms with Gasteiger partial charge in [0.1, 0.15) is 6.10 Å². The van der Waals surface area contributed by atoms with Gasteiger partial charge in [0.05, 0.1) is 25.2 Å². The number of nitrogens with one attached hydrogen (secondary N) is 1. The highest BCUT2D eigenvalue weighted by Gasteiger charge is 2.24. The van der Waals surface area contributed by atoms with Gasteiger partial charge in [-0.1, -0.05) is 275 Å². The van der Waals surface area contributed by atoms with Gasteiger partial charge in [0.25, 0.3) is 0 Å². The number of amides is 1. The molecule has 0 aliphatic carbocycles. The molecule has 0 bridgehead atoms. The highest BCUT2D eigenvalue weighted by Crippen LogP contribution is 2.19. The topological polar surface area (TPSA) is 95.9 Å². The van der Waals surface area contributed by atoms with Gasteiger partial charge in [-0.05, 0) is 44.9 Å². The van der Waals surface area contributed by atoms with Crippen molar-refractivity contribution in [3.05, 3.63) is 48.6 Å². The first kappa shape index (κ1) is 61.8. The first-order chi connectivity index (χ1) is 31.5. The minimum Gasteiger partial charge on any atom is -0.462 e. The standard InChI is InChI=1S/C58H107NO5/c1-4-7-10-13-16-19-22-25-28-31-34-37-40-43-46-49-54(64-58(63)51-48-45-42-39-36-33-30-27-24-21-18-15-12-9-6-3)52-57(62)59-55(53-60)56(61)50-47-44-41-38-35-32-29-26-23-20-17-14-11-8-5-2/h9,12,15,18,21,24,27,30,54-56,60-61H,4-8,10-11,13-14,16-17,19-20,22-23,25-26,28-29,31-53H2,1-3H3,(H,59,62)/b12-9+,18-15+,24-21+,30-27-. The second kappa shape index (κ2) is 51.8. The number of rotatable bonds is 50. The fourth-order valence-corrected chi connectivity index (χ4v) is 8.56. The van der Waals surface area contributed by atoms with E-state index < -0.39 is 18.2 Å². The van der Waals surface area contributed by atoms with Gasteiger partial charge in [0, 0.05) is 6.42 Å². The molecule has 0 radical (unpaired) electrons. The monoisotopic (exact) mass is 898 g/mol. The van der Waals surface area contributed by atoms with Crippen molar-refractivity contribution in [2.45, 2.75) is 302 Å². The third kappa shape index (κ3) is 46.4. The van der Waals surface area contributed by atoms with Crippen molar-refractivity contribution in [1.82, 2.24) is 5.32 Å². The Balaban J connectivity index is 4.57. The molecule has 0 spiro atoms. The summed E-state index contributed by atoms with van der Waals surface area (Å²) < 4.78 is 5.95. The van der Waals surface area contributed by atoms with E-state index >= 15 is 0 Å². The molecule has 3 N–H and O–H groups in total. The number of hydrogen-bond donors (Lipinski definition) is 3. The summed E-state index contributed by atoms with van der Waals surface area (Å²) in [5.41, 5.74) is 0. The second-order valence-electron chi connectivity index (χ2n) is 19.1. The molecule has 6 heteroatoms. The van der Waals surface area contributed by atoms with Crippen LogP contribution in [0.2, 0.25) is 0 Å². The number of carbonyl (C=O) groups excluding carboxylic acids is 2. The summed E-state index contributed by atoms with van der Waals surface area (Å²) in [6.45, 7) is 6.37. The summed E-state index contributed by atoms with van der Waals surface area (Å²) in [5, 5.41) is 23.9. The van der Waals surface area contributed by atoms with E-state index in [0.717, 1.165) is 70.6 Å². The van der Waals surface area contributed by atoms with Crippen LogP contribution in [0.5, 0.6) is 0 Å². The largest absolute Gasteiger partial charge is 0.462 e. The lowest BCUT2D eigenvalue weighted by Gasteiger charge is -2.24. The van der Waals surface area contributed by atoms with E-state index in [0.29, 0.717) is 19.3 Å². The zero-order chi connectivity index (χ0) is 46.7. The zero-order valence-corrected chi connectivity index (χ0v) is 42.7. The first-order valence-electron chi connectivity index (χ1n) is 27.9. The molecule has 0 aliphatic heterocycles. The fourth-order valence-electron chi connectivity index (χ4n) is 8.56. The number of aliphatic hydroxyl groups excluding tert-OH is 2. The summed E-state index contributed by atoms with van der Waals surface area (Å²) in [6, 6.07) is -0.705. The molecule has 0 rings (SSSR count). The molecule has 0 aromatic rings. The maximum Gasteiger partial charge on any atom is 0.306 e. The molecule has 0 fully saturated rings. The lowest BCUT2D eigenvalue weighted by molar-refractivity contribution is -0.151. The highest BCUT2D eigenvalue weighted by molar-refractivity contribution is 5.77. The molecule has 6 nitrogen and oxygen atoms in total. The summed E-state index contributed by atoms with van der Waals surface area (Å²) in [5.74, 6) is -0.488. The van der Waals surface area contributed by atoms with Gasteiger partial charge >= 0.3 is 5.97 Å². The first-order valence-corrected chi connectivity index (χ1v) is 27.9. The van der Waals surface area contributed by atoms with E-state index in [4.69, 9.17) is 4.74 Å². The van der Waals surface area contributed by atoms with Gasteiger partial charge in [-0.3, -0.25) is 9.59 Å². The average molecular weight is 898 g/mol. The molecule has 0 aliphatic rings. The van der Waals surface area contributed by atoms with E-state index in [1.807, 2.05) is 18.2 Å². The molecule has 1 amide bonds. The Hall–Kier alpha value is -2.18. The lowest BCUT2D eigenvalue weighted by Crippen LogP contribution is -2.46. The summed E-state index contributed by atoms with van der Waals surface area (Å²) in [6.07, 6.45) is 63.1. The Kier molecular flexibility index (Phi) is 50.0. The van der Waals surface area contributed by atoms with Gasteiger partial charge in [0.2, 0.25) is 5.91 Å². The molecular weight excluding hydrogens is 791 g/mol. The number of allylic oxidation sites excluding steroid dienone is 8. The number of carbonyl (C=O) groups is 2. The minimum atomic E-state index is -0.791. The van der Waals surface area contributed by atoms with Crippen molar-refractivity contribution >= 4 is 11.9 Å². The van der Waals surface area contributed by atoms with Gasteiger partial charge in [-0.2, -0.15) is 0 Å². The number of aliphatic hydroxyl groups is 2. The summed E-state index contributed by atoms with van der Waals surface area (Å²) >= 11 is 0. The molecule has 3 atom stereocenters. The van der Waals surface area contributed by atoms with Crippen molar-refractivity contribution in [3.63, 3.8) is 0 Å². The van der Waals surface area contributed by atoms with Crippen LogP contribution < -0.4 is 5.32 Å². The van der Waals surface area contributed by atoms with Crippen LogP contribution in [0.1, 0.15) is 284 Å². The summed E-state index contributed by atoms with van der Waals surface area (Å²) in [4.78, 5) is 26.2. The van der Waals surface area contributed by atoms with Crippen LogP contribution in [0.25, 0.3) is 0 Å². The van der Waals surface area contributed by atoms with E-state index in [9.17, 15) is 19.8 Å². The van der Waals surface area contributed by atoms with E-state index in [-0.39, 0.29) is 24.9 Å². The predicted molar refractivity (Wildman–Crippen MR) is 278 cm³/mol. The van der Waals surface area contributed by atoms with Gasteiger partial charge in [0.15, 0.2) is 0 Å². The Morgan fingerprint density at radius 2 is 0.844 bits per heavy atom. The molecule has 0 aromatic heterocycles. The number of esters is 1. The van der Waals surface area contributed by atoms with E-state index in [1.54, 1.807) is 0 Å². The second-order valence-corrected chi connectivity index (χ2v) is 19.1. The molecule has 0 aromatic carbocycles. The van der Waals surface area contributed by atoms with Crippen LogP contribution in [0, 0.1) is 0 Å². The van der Waals surface area contributed by atoms with Crippen molar-refractivity contribution in [3.8, 4) is 0 Å². The molecule has 374 valence electrons. The van der Waals surface area contributed by atoms with Crippen LogP contribution in [-0.2, 0) is 14.3 Å². The van der Waals surface area contributed by atoms with E-state index in [1.165, 1.54) is 167 Å². The van der Waals surface area contributed by atoms with Gasteiger partial charge in [-0.25, -0.2) is 0 Å². The maximum atomic E-state index is 13.3. The van der Waals surface area contributed by atoms with Gasteiger partial charge in [-0.15, -0.1) is 0 Å². The Morgan fingerprint density at radius 1 is 0.469 bits per heavy atom. The van der Waals surface area contributed by atoms with E-state index in [2.05, 4.69) is 56.5 Å². The Bertz CT molecular complexity index is 1100. The maximum absolute atomic E-state index is 13.3. The number of ether oxygens (including phenoxy) is 1. The molecular formula is C58H107NO5. The third-order valence-electron chi connectivity index (χ3n) is 12.8. The number of unbranched alkanes of at least 4 members (excludes halogenated alkanes) is 33. The normalized spacial score (nSPS) is 13.5. The number of hydrogen-bond acceptors (Lipinski definition) is 5. The quantitative estimate of drug-likeness (QED) is 0.0321. The molecule has 64 heavy (non-hydrogen) atoms. The molecule has 0 saturated carbocycles.